The van der Waals surface area contributed by atoms with Crippen molar-refractivity contribution in [3.63, 3.8) is 0 Å². The summed E-state index contributed by atoms with van der Waals surface area (Å²) in [6.07, 6.45) is 5.16. The lowest BCUT2D eigenvalue weighted by atomic mass is 10.1. The van der Waals surface area contributed by atoms with E-state index in [0.29, 0.717) is 17.5 Å². The van der Waals surface area contributed by atoms with E-state index in [1.807, 2.05) is 18.2 Å². The number of primary amides is 1. The summed E-state index contributed by atoms with van der Waals surface area (Å²) in [5.41, 5.74) is 6.20. The van der Waals surface area contributed by atoms with Gasteiger partial charge < -0.3 is 20.5 Å². The highest BCUT2D eigenvalue weighted by atomic mass is 35.5. The van der Waals surface area contributed by atoms with Gasteiger partial charge in [-0.25, -0.2) is 0 Å². The zero-order valence-electron chi connectivity index (χ0n) is 12.3. The van der Waals surface area contributed by atoms with Crippen molar-refractivity contribution in [2.45, 2.75) is 38.3 Å². The first kappa shape index (κ1) is 17.6. The lowest BCUT2D eigenvalue weighted by Crippen LogP contribution is -2.25. The number of amides is 1. The molecule has 1 saturated carbocycles. The Kier molecular flexibility index (Phi) is 7.32. The van der Waals surface area contributed by atoms with Gasteiger partial charge in [0.2, 0.25) is 0 Å². The van der Waals surface area contributed by atoms with Gasteiger partial charge in [0.25, 0.3) is 5.91 Å². The van der Waals surface area contributed by atoms with E-state index in [1.165, 1.54) is 25.7 Å². The standard InChI is InChI=1S/C15H22N2O3.ClH/c1-19-14-8-11(9-17-12-4-2-3-5-12)6-7-13(14)20-10-15(16)18;/h6-8,12,17H,2-5,9-10H2,1H3,(H2,16,18);1H. The van der Waals surface area contributed by atoms with Gasteiger partial charge in [-0.1, -0.05) is 18.9 Å². The van der Waals surface area contributed by atoms with Crippen molar-refractivity contribution in [2.24, 2.45) is 5.73 Å². The van der Waals surface area contributed by atoms with Crippen LogP contribution in [0.25, 0.3) is 0 Å². The summed E-state index contributed by atoms with van der Waals surface area (Å²) >= 11 is 0. The van der Waals surface area contributed by atoms with Crippen molar-refractivity contribution in [3.8, 4) is 11.5 Å². The SMILES string of the molecule is COc1cc(CNC2CCCC2)ccc1OCC(N)=O.Cl. The number of nitrogens with one attached hydrogen (secondary N) is 1. The van der Waals surface area contributed by atoms with Crippen molar-refractivity contribution in [2.75, 3.05) is 13.7 Å². The molecule has 1 aliphatic rings. The molecule has 0 aromatic heterocycles. The monoisotopic (exact) mass is 314 g/mol. The molecule has 3 N–H and O–H groups in total. The molecule has 6 heteroatoms. The Morgan fingerprint density at radius 3 is 2.67 bits per heavy atom. The highest BCUT2D eigenvalue weighted by Crippen LogP contribution is 2.28. The molecule has 1 aliphatic carbocycles. The highest BCUT2D eigenvalue weighted by Gasteiger charge is 2.14. The Hall–Kier alpha value is -1.46. The van der Waals surface area contributed by atoms with Gasteiger partial charge in [0, 0.05) is 12.6 Å². The highest BCUT2D eigenvalue weighted by molar-refractivity contribution is 5.85. The maximum atomic E-state index is 10.7. The number of nitrogens with two attached hydrogens (primary N) is 1. The third-order valence-corrected chi connectivity index (χ3v) is 3.55. The van der Waals surface area contributed by atoms with E-state index < -0.39 is 5.91 Å². The topological polar surface area (TPSA) is 73.6 Å². The van der Waals surface area contributed by atoms with E-state index in [1.54, 1.807) is 7.11 Å². The third kappa shape index (κ3) is 5.44. The van der Waals surface area contributed by atoms with Crippen molar-refractivity contribution in [3.05, 3.63) is 23.8 Å². The molecule has 1 amide bonds. The second kappa shape index (κ2) is 8.74. The quantitative estimate of drug-likeness (QED) is 0.807. The smallest absolute Gasteiger partial charge is 0.255 e. The van der Waals surface area contributed by atoms with Gasteiger partial charge in [-0.15, -0.1) is 12.4 Å². The molecular formula is C15H23ClN2O3. The van der Waals surface area contributed by atoms with Crippen LogP contribution >= 0.6 is 12.4 Å². The Balaban J connectivity index is 0.00000220. The zero-order chi connectivity index (χ0) is 14.4. The fourth-order valence-electron chi connectivity index (χ4n) is 2.48. The van der Waals surface area contributed by atoms with E-state index in [9.17, 15) is 4.79 Å². The second-order valence-electron chi connectivity index (χ2n) is 5.10. The van der Waals surface area contributed by atoms with Crippen LogP contribution in [0.2, 0.25) is 0 Å². The molecule has 1 fully saturated rings. The number of ether oxygens (including phenoxy) is 2. The summed E-state index contributed by atoms with van der Waals surface area (Å²) < 4.78 is 10.6. The van der Waals surface area contributed by atoms with E-state index in [-0.39, 0.29) is 19.0 Å². The predicted octanol–water partition coefficient (Wildman–Crippen LogP) is 2.01. The number of hydrogen-bond donors (Lipinski definition) is 2. The average molecular weight is 315 g/mol. The first-order chi connectivity index (χ1) is 9.69. The van der Waals surface area contributed by atoms with E-state index in [0.717, 1.165) is 12.1 Å². The van der Waals surface area contributed by atoms with Gasteiger partial charge >= 0.3 is 0 Å². The Morgan fingerprint density at radius 2 is 2.05 bits per heavy atom. The predicted molar refractivity (Wildman–Crippen MR) is 84.0 cm³/mol. The molecule has 0 saturated heterocycles. The molecule has 0 heterocycles. The Bertz CT molecular complexity index is 462. The van der Waals surface area contributed by atoms with Crippen LogP contribution in [0.15, 0.2) is 18.2 Å². The van der Waals surface area contributed by atoms with Crippen LogP contribution in [0.5, 0.6) is 11.5 Å². The van der Waals surface area contributed by atoms with E-state index in [4.69, 9.17) is 15.2 Å². The lowest BCUT2D eigenvalue weighted by Gasteiger charge is -2.14. The van der Waals surface area contributed by atoms with Crippen molar-refractivity contribution in [1.82, 2.24) is 5.32 Å². The second-order valence-corrected chi connectivity index (χ2v) is 5.10. The van der Waals surface area contributed by atoms with Gasteiger partial charge in [-0.05, 0) is 30.5 Å². The molecule has 0 bridgehead atoms. The molecule has 0 spiro atoms. The minimum atomic E-state index is -0.501. The number of rotatable bonds is 7. The molecule has 0 atom stereocenters. The molecule has 2 rings (SSSR count). The molecule has 21 heavy (non-hydrogen) atoms. The van der Waals surface area contributed by atoms with Crippen LogP contribution < -0.4 is 20.5 Å². The number of carbonyl (C=O) groups excluding carboxylic acids is 1. The van der Waals surface area contributed by atoms with Gasteiger partial charge in [-0.2, -0.15) is 0 Å². The van der Waals surface area contributed by atoms with Crippen molar-refractivity contribution < 1.29 is 14.3 Å². The Labute approximate surface area is 131 Å². The summed E-state index contributed by atoms with van der Waals surface area (Å²) in [7, 11) is 1.58. The molecule has 0 aliphatic heterocycles. The molecule has 0 radical (unpaired) electrons. The van der Waals surface area contributed by atoms with Crippen molar-refractivity contribution in [1.29, 1.82) is 0 Å². The fraction of sp³-hybridized carbons (Fsp3) is 0.533. The van der Waals surface area contributed by atoms with Gasteiger partial charge in [0.05, 0.1) is 7.11 Å². The summed E-state index contributed by atoms with van der Waals surface area (Å²) in [6.45, 7) is 0.674. The van der Waals surface area contributed by atoms with Crippen LogP contribution in [-0.2, 0) is 11.3 Å². The van der Waals surface area contributed by atoms with E-state index >= 15 is 0 Å². The average Bonchev–Trinajstić information content (AvgIpc) is 2.96. The summed E-state index contributed by atoms with van der Waals surface area (Å²) in [6, 6.07) is 6.35. The summed E-state index contributed by atoms with van der Waals surface area (Å²) in [4.78, 5) is 10.7. The third-order valence-electron chi connectivity index (χ3n) is 3.55. The van der Waals surface area contributed by atoms with Crippen molar-refractivity contribution >= 4 is 18.3 Å². The van der Waals surface area contributed by atoms with Crippen LogP contribution in [-0.4, -0.2) is 25.7 Å². The van der Waals surface area contributed by atoms with Crippen LogP contribution in [0, 0.1) is 0 Å². The minimum absolute atomic E-state index is 0. The largest absolute Gasteiger partial charge is 0.493 e. The first-order valence-corrected chi connectivity index (χ1v) is 7.00. The van der Waals surface area contributed by atoms with Gasteiger partial charge in [0.1, 0.15) is 0 Å². The number of methoxy groups -OCH3 is 1. The molecule has 5 nitrogen and oxygen atoms in total. The molecular weight excluding hydrogens is 292 g/mol. The van der Waals surface area contributed by atoms with Crippen LogP contribution in [0.4, 0.5) is 0 Å². The number of benzene rings is 1. The Morgan fingerprint density at radius 1 is 1.33 bits per heavy atom. The number of halogens is 1. The first-order valence-electron chi connectivity index (χ1n) is 7.00. The minimum Gasteiger partial charge on any atom is -0.493 e. The molecule has 1 aromatic carbocycles. The molecule has 118 valence electrons. The maximum Gasteiger partial charge on any atom is 0.255 e. The number of carbonyl (C=O) groups is 1. The van der Waals surface area contributed by atoms with Gasteiger partial charge in [-0.3, -0.25) is 4.79 Å². The molecule has 0 unspecified atom stereocenters. The maximum absolute atomic E-state index is 10.7. The summed E-state index contributed by atoms with van der Waals surface area (Å²) in [5.74, 6) is 0.659. The summed E-state index contributed by atoms with van der Waals surface area (Å²) in [5, 5.41) is 3.55. The van der Waals surface area contributed by atoms with E-state index in [2.05, 4.69) is 5.32 Å². The number of hydrogen-bond acceptors (Lipinski definition) is 4. The van der Waals surface area contributed by atoms with Crippen LogP contribution in [0.1, 0.15) is 31.2 Å². The van der Waals surface area contributed by atoms with Gasteiger partial charge in [0.15, 0.2) is 18.1 Å². The lowest BCUT2D eigenvalue weighted by molar-refractivity contribution is -0.119. The normalized spacial score (nSPS) is 14.5. The fourth-order valence-corrected chi connectivity index (χ4v) is 2.48. The molecule has 1 aromatic rings. The zero-order valence-corrected chi connectivity index (χ0v) is 13.1. The van der Waals surface area contributed by atoms with Crippen LogP contribution in [0.3, 0.4) is 0 Å².